The number of hydrogen-bond donors (Lipinski definition) is 4. The Balaban J connectivity index is 1.31. The largest absolute Gasteiger partial charge is 0.444 e. The lowest BCUT2D eigenvalue weighted by atomic mass is 9.98. The third kappa shape index (κ3) is 4.60. The number of fused-ring (bicyclic) bond motifs is 3. The van der Waals surface area contributed by atoms with E-state index in [0.29, 0.717) is 23.3 Å². The van der Waals surface area contributed by atoms with Crippen LogP contribution in [-0.4, -0.2) is 60.0 Å². The smallest absolute Gasteiger partial charge is 0.410 e. The van der Waals surface area contributed by atoms with Gasteiger partial charge < -0.3 is 25.4 Å². The van der Waals surface area contributed by atoms with Gasteiger partial charge in [0.1, 0.15) is 16.2 Å². The molecule has 2 unspecified atom stereocenters. The molecule has 3 aromatic rings. The summed E-state index contributed by atoms with van der Waals surface area (Å²) in [5.74, 6) is 1.80. The van der Waals surface area contributed by atoms with E-state index in [1.54, 1.807) is 17.4 Å². The molecular weight excluding hydrogens is 442 g/mol. The minimum Gasteiger partial charge on any atom is -0.444 e. The highest BCUT2D eigenvalue weighted by molar-refractivity contribution is 7.16. The molecule has 2 fully saturated rings. The molecule has 3 aromatic heterocycles. The number of carbonyl (C=O) groups is 1. The first-order valence-corrected chi connectivity index (χ1v) is 12.1. The Morgan fingerprint density at radius 2 is 2.06 bits per heavy atom. The van der Waals surface area contributed by atoms with Crippen LogP contribution in [0.2, 0.25) is 0 Å². The molecule has 2 saturated heterocycles. The maximum atomic E-state index is 12.7. The van der Waals surface area contributed by atoms with Crippen LogP contribution in [0.15, 0.2) is 17.5 Å². The molecule has 0 radical (unpaired) electrons. The molecule has 4 N–H and O–H groups in total. The Bertz CT molecular complexity index is 1140. The molecule has 5 heterocycles. The molecule has 2 atom stereocenters. The van der Waals surface area contributed by atoms with Gasteiger partial charge in [-0.2, -0.15) is 10.1 Å². The van der Waals surface area contributed by atoms with Gasteiger partial charge in [0, 0.05) is 24.2 Å². The van der Waals surface area contributed by atoms with Gasteiger partial charge in [-0.15, -0.1) is 11.3 Å². The fourth-order valence-corrected chi connectivity index (χ4v) is 5.50. The molecule has 2 aliphatic heterocycles. The highest BCUT2D eigenvalue weighted by Crippen LogP contribution is 2.38. The predicted octanol–water partition coefficient (Wildman–Crippen LogP) is 3.99. The summed E-state index contributed by atoms with van der Waals surface area (Å²) in [6, 6.07) is 4.24. The van der Waals surface area contributed by atoms with Crippen molar-refractivity contribution >= 4 is 45.2 Å². The highest BCUT2D eigenvalue weighted by Gasteiger charge is 2.45. The first kappa shape index (κ1) is 21.9. The molecule has 2 bridgehead atoms. The molecule has 5 rings (SSSR count). The van der Waals surface area contributed by atoms with Crippen molar-refractivity contribution in [2.75, 3.05) is 10.6 Å². The zero-order valence-corrected chi connectivity index (χ0v) is 19.8. The summed E-state index contributed by atoms with van der Waals surface area (Å²) in [5, 5.41) is 25.9. The standard InChI is InChI=1S/C22H29N7O3S/c1-22(2,3)32-21(31)29-14-4-5-15(29)9-12(8-14)23-20-25-18(16-6-7-33-19(16)26-20)24-17-10-13(11-30)27-28-17/h6-7,10,12,14-15,30H,4-5,8-9,11H2,1-3H3,(H3,23,24,25,26,27,28). The third-order valence-corrected chi connectivity index (χ3v) is 6.85. The van der Waals surface area contributed by atoms with Crippen molar-refractivity contribution in [1.82, 2.24) is 25.1 Å². The Morgan fingerprint density at radius 3 is 2.73 bits per heavy atom. The number of piperidine rings is 1. The number of aromatic nitrogens is 4. The number of thiophene rings is 1. The lowest BCUT2D eigenvalue weighted by molar-refractivity contribution is 0.00682. The van der Waals surface area contributed by atoms with Crippen LogP contribution < -0.4 is 10.6 Å². The maximum absolute atomic E-state index is 12.7. The fraction of sp³-hybridized carbons (Fsp3) is 0.545. The van der Waals surface area contributed by atoms with E-state index < -0.39 is 5.60 Å². The molecule has 33 heavy (non-hydrogen) atoms. The van der Waals surface area contributed by atoms with E-state index in [9.17, 15) is 9.90 Å². The van der Waals surface area contributed by atoms with Crippen LogP contribution in [0.25, 0.3) is 10.2 Å². The number of hydrogen-bond acceptors (Lipinski definition) is 9. The van der Waals surface area contributed by atoms with Crippen LogP contribution in [0, 0.1) is 0 Å². The average molecular weight is 472 g/mol. The molecule has 2 aliphatic rings. The number of anilines is 3. The van der Waals surface area contributed by atoms with Gasteiger partial charge in [0.05, 0.1) is 17.7 Å². The van der Waals surface area contributed by atoms with Gasteiger partial charge in [0.2, 0.25) is 5.95 Å². The zero-order valence-electron chi connectivity index (χ0n) is 19.0. The van der Waals surface area contributed by atoms with E-state index in [4.69, 9.17) is 14.7 Å². The lowest BCUT2D eigenvalue weighted by Crippen LogP contribution is -2.51. The SMILES string of the molecule is CC(C)(C)OC(=O)N1C2CCC1CC(Nc1nc(Nc3cc(CO)[nH]n3)c3ccsc3n1)C2. The van der Waals surface area contributed by atoms with Gasteiger partial charge in [-0.25, -0.2) is 9.78 Å². The monoisotopic (exact) mass is 471 g/mol. The topological polar surface area (TPSA) is 128 Å². The number of aromatic amines is 1. The van der Waals surface area contributed by atoms with Crippen LogP contribution >= 0.6 is 11.3 Å². The minimum absolute atomic E-state index is 0.108. The molecule has 11 heteroatoms. The fourth-order valence-electron chi connectivity index (χ4n) is 4.73. The Hall–Kier alpha value is -2.92. The molecule has 0 aliphatic carbocycles. The van der Waals surface area contributed by atoms with Gasteiger partial charge in [0.15, 0.2) is 5.82 Å². The Morgan fingerprint density at radius 1 is 1.30 bits per heavy atom. The molecule has 0 aromatic carbocycles. The zero-order chi connectivity index (χ0) is 23.2. The second-order valence-corrected chi connectivity index (χ2v) is 10.6. The molecule has 0 spiro atoms. The average Bonchev–Trinajstić information content (AvgIpc) is 3.45. The number of H-pyrrole nitrogens is 1. The van der Waals surface area contributed by atoms with E-state index in [-0.39, 0.29) is 30.8 Å². The number of aliphatic hydroxyl groups is 1. The summed E-state index contributed by atoms with van der Waals surface area (Å²) in [5.41, 5.74) is 0.129. The van der Waals surface area contributed by atoms with Crippen molar-refractivity contribution in [1.29, 1.82) is 0 Å². The Kier molecular flexibility index (Phi) is 5.61. The van der Waals surface area contributed by atoms with Crippen molar-refractivity contribution in [3.63, 3.8) is 0 Å². The Labute approximate surface area is 195 Å². The second kappa shape index (κ2) is 8.45. The van der Waals surface area contributed by atoms with Crippen LogP contribution in [0.1, 0.15) is 52.1 Å². The number of nitrogens with one attached hydrogen (secondary N) is 3. The van der Waals surface area contributed by atoms with Gasteiger partial charge in [-0.3, -0.25) is 5.10 Å². The summed E-state index contributed by atoms with van der Waals surface area (Å²) in [6.07, 6.45) is 3.45. The number of rotatable bonds is 5. The van der Waals surface area contributed by atoms with Crippen molar-refractivity contribution < 1.29 is 14.6 Å². The number of nitrogens with zero attached hydrogens (tertiary/aromatic N) is 4. The summed E-state index contributed by atoms with van der Waals surface area (Å²) in [7, 11) is 0. The summed E-state index contributed by atoms with van der Waals surface area (Å²) < 4.78 is 5.64. The van der Waals surface area contributed by atoms with E-state index in [2.05, 4.69) is 20.8 Å². The third-order valence-electron chi connectivity index (χ3n) is 6.04. The predicted molar refractivity (Wildman–Crippen MR) is 127 cm³/mol. The molecule has 176 valence electrons. The summed E-state index contributed by atoms with van der Waals surface area (Å²) in [4.78, 5) is 25.0. The minimum atomic E-state index is -0.495. The van der Waals surface area contributed by atoms with Crippen molar-refractivity contribution in [3.8, 4) is 0 Å². The van der Waals surface area contributed by atoms with Crippen LogP contribution in [0.3, 0.4) is 0 Å². The van der Waals surface area contributed by atoms with Gasteiger partial charge in [0.25, 0.3) is 0 Å². The quantitative estimate of drug-likeness (QED) is 0.440. The first-order valence-electron chi connectivity index (χ1n) is 11.2. The number of ether oxygens (including phenoxy) is 1. The number of amides is 1. The van der Waals surface area contributed by atoms with Crippen LogP contribution in [0.5, 0.6) is 0 Å². The number of aliphatic hydroxyl groups excluding tert-OH is 1. The van der Waals surface area contributed by atoms with Crippen LogP contribution in [-0.2, 0) is 11.3 Å². The van der Waals surface area contributed by atoms with E-state index in [1.807, 2.05) is 37.1 Å². The van der Waals surface area contributed by atoms with E-state index >= 15 is 0 Å². The second-order valence-electron chi connectivity index (χ2n) is 9.68. The van der Waals surface area contributed by atoms with E-state index in [0.717, 1.165) is 35.9 Å². The molecule has 1 amide bonds. The van der Waals surface area contributed by atoms with Crippen LogP contribution in [0.4, 0.5) is 22.4 Å². The summed E-state index contributed by atoms with van der Waals surface area (Å²) in [6.45, 7) is 5.60. The highest BCUT2D eigenvalue weighted by atomic mass is 32.1. The lowest BCUT2D eigenvalue weighted by Gasteiger charge is -2.39. The maximum Gasteiger partial charge on any atom is 0.410 e. The van der Waals surface area contributed by atoms with Crippen molar-refractivity contribution in [2.24, 2.45) is 0 Å². The normalized spacial score (nSPS) is 22.5. The molecule has 10 nitrogen and oxygen atoms in total. The van der Waals surface area contributed by atoms with Gasteiger partial charge in [-0.05, 0) is 57.9 Å². The number of carbonyl (C=O) groups excluding carboxylic acids is 1. The van der Waals surface area contributed by atoms with E-state index in [1.165, 1.54) is 0 Å². The molecule has 0 saturated carbocycles. The first-order chi connectivity index (χ1) is 15.8. The van der Waals surface area contributed by atoms with Crippen molar-refractivity contribution in [2.45, 2.75) is 76.8 Å². The van der Waals surface area contributed by atoms with Gasteiger partial charge in [-0.1, -0.05) is 0 Å². The molecular formula is C22H29N7O3S. The summed E-state index contributed by atoms with van der Waals surface area (Å²) >= 11 is 1.55. The van der Waals surface area contributed by atoms with Gasteiger partial charge >= 0.3 is 6.09 Å². The van der Waals surface area contributed by atoms with Crippen molar-refractivity contribution in [3.05, 3.63) is 23.2 Å².